The van der Waals surface area contributed by atoms with Gasteiger partial charge in [-0.1, -0.05) is 6.58 Å². The Balaban J connectivity index is 2.22. The van der Waals surface area contributed by atoms with Crippen LogP contribution in [0.1, 0.15) is 0 Å². The van der Waals surface area contributed by atoms with Crippen LogP contribution < -0.4 is 10.6 Å². The Kier molecular flexibility index (Phi) is 2.89. The molecule has 1 rings (SSSR count). The van der Waals surface area contributed by atoms with E-state index in [1.807, 2.05) is 0 Å². The Morgan fingerprint density at radius 2 is 2.15 bits per heavy atom. The molecule has 0 unspecified atom stereocenters. The van der Waals surface area contributed by atoms with Crippen molar-refractivity contribution in [1.29, 1.82) is 0 Å². The van der Waals surface area contributed by atoms with E-state index in [0.29, 0.717) is 13.1 Å². The first-order valence-corrected chi connectivity index (χ1v) is 4.07. The molecule has 13 heavy (non-hydrogen) atoms. The number of nitrogens with zero attached hydrogens (tertiary/aromatic N) is 1. The van der Waals surface area contributed by atoms with Gasteiger partial charge >= 0.3 is 6.03 Å². The van der Waals surface area contributed by atoms with Crippen molar-refractivity contribution in [2.45, 2.75) is 6.04 Å². The predicted molar refractivity (Wildman–Crippen MR) is 48.2 cm³/mol. The average molecular weight is 183 g/mol. The molecule has 3 amide bonds. The summed E-state index contributed by atoms with van der Waals surface area (Å²) in [5, 5.41) is 5.15. The molecule has 1 aliphatic heterocycles. The molecule has 0 aromatic heterocycles. The van der Waals surface area contributed by atoms with Crippen molar-refractivity contribution in [2.24, 2.45) is 0 Å². The van der Waals surface area contributed by atoms with E-state index in [2.05, 4.69) is 17.2 Å². The van der Waals surface area contributed by atoms with Crippen molar-refractivity contribution in [3.63, 3.8) is 0 Å². The lowest BCUT2D eigenvalue weighted by molar-refractivity contribution is -0.130. The van der Waals surface area contributed by atoms with E-state index in [4.69, 9.17) is 0 Å². The maximum atomic E-state index is 11.0. The van der Waals surface area contributed by atoms with Gasteiger partial charge in [0.15, 0.2) is 0 Å². The number of rotatable bonds is 2. The topological polar surface area (TPSA) is 61.4 Å². The van der Waals surface area contributed by atoms with E-state index in [0.717, 1.165) is 0 Å². The highest BCUT2D eigenvalue weighted by atomic mass is 16.2. The van der Waals surface area contributed by atoms with Gasteiger partial charge in [-0.05, 0) is 6.08 Å². The van der Waals surface area contributed by atoms with Crippen molar-refractivity contribution in [2.75, 3.05) is 20.1 Å². The number of carbonyl (C=O) groups excluding carboxylic acids is 2. The van der Waals surface area contributed by atoms with E-state index in [1.165, 1.54) is 6.08 Å². The highest BCUT2D eigenvalue weighted by molar-refractivity contribution is 5.88. The Morgan fingerprint density at radius 3 is 2.62 bits per heavy atom. The zero-order chi connectivity index (χ0) is 9.84. The minimum Gasteiger partial charge on any atom is -0.341 e. The van der Waals surface area contributed by atoms with Crippen molar-refractivity contribution in [3.8, 4) is 0 Å². The summed E-state index contributed by atoms with van der Waals surface area (Å²) in [6, 6.07) is -0.139. The Hall–Kier alpha value is -1.52. The molecule has 72 valence electrons. The van der Waals surface area contributed by atoms with Crippen LogP contribution in [-0.4, -0.2) is 43.0 Å². The summed E-state index contributed by atoms with van der Waals surface area (Å²) in [5.41, 5.74) is 0. The summed E-state index contributed by atoms with van der Waals surface area (Å²) in [6.07, 6.45) is 1.27. The van der Waals surface area contributed by atoms with Gasteiger partial charge in [-0.3, -0.25) is 4.79 Å². The smallest absolute Gasteiger partial charge is 0.314 e. The Bertz CT molecular complexity index is 234. The molecule has 1 heterocycles. The van der Waals surface area contributed by atoms with E-state index >= 15 is 0 Å². The zero-order valence-electron chi connectivity index (χ0n) is 7.54. The van der Waals surface area contributed by atoms with Crippen molar-refractivity contribution < 1.29 is 9.59 Å². The van der Waals surface area contributed by atoms with E-state index in [1.54, 1.807) is 11.9 Å². The third-order valence-corrected chi connectivity index (χ3v) is 1.93. The average Bonchev–Trinajstić information content (AvgIpc) is 2.08. The normalized spacial score (nSPS) is 15.9. The maximum Gasteiger partial charge on any atom is 0.314 e. The predicted octanol–water partition coefficient (Wildman–Crippen LogP) is -0.688. The molecule has 5 heteroatoms. The first-order chi connectivity index (χ1) is 6.17. The third kappa shape index (κ3) is 2.21. The molecule has 0 aromatic rings. The highest BCUT2D eigenvalue weighted by Gasteiger charge is 2.29. The molecular formula is C8H13N3O2. The van der Waals surface area contributed by atoms with Gasteiger partial charge in [-0.15, -0.1) is 0 Å². The standard InChI is InChI=1S/C8H13N3O2/c1-3-7(12)11-4-6(5-11)10-8(13)9-2/h3,6H,1,4-5H2,2H3,(H2,9,10,13). The summed E-state index contributed by atoms with van der Waals surface area (Å²) in [4.78, 5) is 23.4. The van der Waals surface area contributed by atoms with E-state index in [-0.39, 0.29) is 18.0 Å². The second-order valence-corrected chi connectivity index (χ2v) is 2.87. The van der Waals surface area contributed by atoms with Crippen molar-refractivity contribution in [1.82, 2.24) is 15.5 Å². The monoisotopic (exact) mass is 183 g/mol. The van der Waals surface area contributed by atoms with Gasteiger partial charge in [0.2, 0.25) is 5.91 Å². The van der Waals surface area contributed by atoms with Crippen LogP contribution in [0.15, 0.2) is 12.7 Å². The first kappa shape index (κ1) is 9.57. The molecule has 0 radical (unpaired) electrons. The highest BCUT2D eigenvalue weighted by Crippen LogP contribution is 2.07. The molecular weight excluding hydrogens is 170 g/mol. The molecule has 0 atom stereocenters. The van der Waals surface area contributed by atoms with Crippen LogP contribution in [0.5, 0.6) is 0 Å². The molecule has 0 bridgehead atoms. The van der Waals surface area contributed by atoms with Crippen LogP contribution in [0.2, 0.25) is 0 Å². The molecule has 1 saturated heterocycles. The Labute approximate surface area is 76.8 Å². The summed E-state index contributed by atoms with van der Waals surface area (Å²) in [5.74, 6) is -0.0880. The lowest BCUT2D eigenvalue weighted by atomic mass is 10.1. The minimum absolute atomic E-state index is 0.0730. The first-order valence-electron chi connectivity index (χ1n) is 4.07. The molecule has 2 N–H and O–H groups in total. The molecule has 1 fully saturated rings. The van der Waals surface area contributed by atoms with Crippen molar-refractivity contribution in [3.05, 3.63) is 12.7 Å². The third-order valence-electron chi connectivity index (χ3n) is 1.93. The van der Waals surface area contributed by atoms with Crippen LogP contribution in [0.3, 0.4) is 0 Å². The number of hydrogen-bond donors (Lipinski definition) is 2. The second-order valence-electron chi connectivity index (χ2n) is 2.87. The van der Waals surface area contributed by atoms with Gasteiger partial charge in [0, 0.05) is 20.1 Å². The minimum atomic E-state index is -0.212. The van der Waals surface area contributed by atoms with E-state index in [9.17, 15) is 9.59 Å². The zero-order valence-corrected chi connectivity index (χ0v) is 7.54. The molecule has 0 saturated carbocycles. The lowest BCUT2D eigenvalue weighted by Crippen LogP contribution is -2.61. The van der Waals surface area contributed by atoms with Crippen LogP contribution in [-0.2, 0) is 4.79 Å². The van der Waals surface area contributed by atoms with Crippen LogP contribution >= 0.6 is 0 Å². The summed E-state index contributed by atoms with van der Waals surface area (Å²) in [7, 11) is 1.56. The SMILES string of the molecule is C=CC(=O)N1CC(NC(=O)NC)C1. The molecule has 0 spiro atoms. The number of urea groups is 1. The van der Waals surface area contributed by atoms with Gasteiger partial charge in [0.1, 0.15) is 0 Å². The second kappa shape index (κ2) is 3.93. The molecule has 0 aliphatic carbocycles. The molecule has 1 aliphatic rings. The number of likely N-dealkylation sites (tertiary alicyclic amines) is 1. The van der Waals surface area contributed by atoms with Gasteiger partial charge in [0.25, 0.3) is 0 Å². The van der Waals surface area contributed by atoms with Crippen LogP contribution in [0, 0.1) is 0 Å². The van der Waals surface area contributed by atoms with Gasteiger partial charge in [-0.25, -0.2) is 4.79 Å². The fourth-order valence-electron chi connectivity index (χ4n) is 1.14. The van der Waals surface area contributed by atoms with Gasteiger partial charge < -0.3 is 15.5 Å². The maximum absolute atomic E-state index is 11.0. The Morgan fingerprint density at radius 1 is 1.54 bits per heavy atom. The summed E-state index contributed by atoms with van der Waals surface area (Å²) >= 11 is 0. The van der Waals surface area contributed by atoms with Crippen LogP contribution in [0.4, 0.5) is 4.79 Å². The number of nitrogens with one attached hydrogen (secondary N) is 2. The van der Waals surface area contributed by atoms with E-state index < -0.39 is 0 Å². The largest absolute Gasteiger partial charge is 0.341 e. The summed E-state index contributed by atoms with van der Waals surface area (Å²) < 4.78 is 0. The lowest BCUT2D eigenvalue weighted by Gasteiger charge is -2.38. The van der Waals surface area contributed by atoms with Gasteiger partial charge in [0.05, 0.1) is 6.04 Å². The van der Waals surface area contributed by atoms with Crippen molar-refractivity contribution >= 4 is 11.9 Å². The fourth-order valence-corrected chi connectivity index (χ4v) is 1.14. The summed E-state index contributed by atoms with van der Waals surface area (Å²) in [6.45, 7) is 4.51. The quantitative estimate of drug-likeness (QED) is 0.557. The van der Waals surface area contributed by atoms with Gasteiger partial charge in [-0.2, -0.15) is 0 Å². The number of hydrogen-bond acceptors (Lipinski definition) is 2. The fraction of sp³-hybridized carbons (Fsp3) is 0.500. The van der Waals surface area contributed by atoms with Crippen LogP contribution in [0.25, 0.3) is 0 Å². The number of amides is 3. The molecule has 0 aromatic carbocycles. The molecule has 5 nitrogen and oxygen atoms in total. The number of carbonyl (C=O) groups is 2.